The number of rotatable bonds is 2. The molecule has 0 atom stereocenters. The summed E-state index contributed by atoms with van der Waals surface area (Å²) >= 11 is 6.94. The molecule has 0 saturated carbocycles. The van der Waals surface area contributed by atoms with Crippen molar-refractivity contribution in [3.63, 3.8) is 0 Å². The molecule has 0 aliphatic carbocycles. The summed E-state index contributed by atoms with van der Waals surface area (Å²) in [4.78, 5) is 21.6. The highest BCUT2D eigenvalue weighted by atomic mass is 35.5. The van der Waals surface area contributed by atoms with Gasteiger partial charge in [-0.25, -0.2) is 5.43 Å². The molecule has 1 heterocycles. The predicted molar refractivity (Wildman–Crippen MR) is 54.3 cm³/mol. The fraction of sp³-hybridized carbons (Fsp3) is 0. The molecule has 0 spiro atoms. The zero-order valence-corrected chi connectivity index (χ0v) is 8.43. The molecule has 0 fully saturated rings. The highest BCUT2D eigenvalue weighted by Gasteiger charge is 2.05. The minimum absolute atomic E-state index is 0.618. The largest absolute Gasteiger partial charge is 0.361 e. The van der Waals surface area contributed by atoms with Crippen LogP contribution in [0.15, 0.2) is 17.2 Å². The molecule has 0 bridgehead atoms. The first-order chi connectivity index (χ1) is 6.59. The van der Waals surface area contributed by atoms with Crippen molar-refractivity contribution in [1.29, 1.82) is 0 Å². The molecule has 5 nitrogen and oxygen atoms in total. The van der Waals surface area contributed by atoms with Gasteiger partial charge in [0.15, 0.2) is 0 Å². The molecule has 1 aromatic heterocycles. The van der Waals surface area contributed by atoms with Crippen LogP contribution in [0.4, 0.5) is 0 Å². The number of nitrogens with one attached hydrogen (secondary N) is 1. The van der Waals surface area contributed by atoms with E-state index >= 15 is 0 Å². The average molecular weight is 232 g/mol. The van der Waals surface area contributed by atoms with Crippen LogP contribution in [0.5, 0.6) is 0 Å². The number of carbonyl (C=O) groups excluding carboxylic acids is 2. The van der Waals surface area contributed by atoms with Crippen molar-refractivity contribution in [2.45, 2.75) is 0 Å². The van der Waals surface area contributed by atoms with Crippen molar-refractivity contribution in [2.24, 2.45) is 10.8 Å². The van der Waals surface area contributed by atoms with Gasteiger partial charge in [-0.05, 0) is 12.1 Å². The second-order valence-electron chi connectivity index (χ2n) is 2.21. The standard InChI is InChI=1S/C7H6ClN3O2S/c8-5-2-1-4(14-5)3-10-11-7(13)6(9)12/h1-3H,(H2,9,12)(H,11,13). The van der Waals surface area contributed by atoms with Crippen LogP contribution in [-0.2, 0) is 9.59 Å². The zero-order chi connectivity index (χ0) is 10.6. The van der Waals surface area contributed by atoms with Crippen molar-refractivity contribution < 1.29 is 9.59 Å². The normalized spacial score (nSPS) is 10.4. The number of halogens is 1. The number of hydrogen-bond acceptors (Lipinski definition) is 4. The molecule has 2 amide bonds. The van der Waals surface area contributed by atoms with Gasteiger partial charge < -0.3 is 5.73 Å². The van der Waals surface area contributed by atoms with Gasteiger partial charge in [-0.3, -0.25) is 9.59 Å². The van der Waals surface area contributed by atoms with Gasteiger partial charge in [0, 0.05) is 4.88 Å². The second kappa shape index (κ2) is 4.73. The van der Waals surface area contributed by atoms with Gasteiger partial charge in [0.25, 0.3) is 0 Å². The molecular formula is C7H6ClN3O2S. The van der Waals surface area contributed by atoms with Gasteiger partial charge in [0.1, 0.15) is 0 Å². The van der Waals surface area contributed by atoms with Gasteiger partial charge in [0.2, 0.25) is 0 Å². The van der Waals surface area contributed by atoms with Gasteiger partial charge in [-0.1, -0.05) is 11.6 Å². The van der Waals surface area contributed by atoms with E-state index in [9.17, 15) is 9.59 Å². The quantitative estimate of drug-likeness (QED) is 0.437. The van der Waals surface area contributed by atoms with E-state index in [0.29, 0.717) is 4.34 Å². The lowest BCUT2D eigenvalue weighted by Crippen LogP contribution is -2.32. The molecule has 0 aliphatic rings. The number of thiophene rings is 1. The number of nitrogens with two attached hydrogens (primary N) is 1. The summed E-state index contributed by atoms with van der Waals surface area (Å²) in [5.41, 5.74) is 6.64. The summed E-state index contributed by atoms with van der Waals surface area (Å²) in [5, 5.41) is 3.50. The molecule has 0 aromatic carbocycles. The third-order valence-corrected chi connectivity index (χ3v) is 2.34. The minimum atomic E-state index is -1.08. The fourth-order valence-electron chi connectivity index (χ4n) is 0.607. The maximum Gasteiger partial charge on any atom is 0.329 e. The Labute approximate surface area is 88.5 Å². The smallest absolute Gasteiger partial charge is 0.329 e. The minimum Gasteiger partial charge on any atom is -0.361 e. The Bertz CT molecular complexity index is 388. The maximum atomic E-state index is 10.6. The van der Waals surface area contributed by atoms with Crippen LogP contribution in [-0.4, -0.2) is 18.0 Å². The molecule has 0 radical (unpaired) electrons. The molecule has 14 heavy (non-hydrogen) atoms. The fourth-order valence-corrected chi connectivity index (χ4v) is 1.54. The third-order valence-electron chi connectivity index (χ3n) is 1.18. The Kier molecular flexibility index (Phi) is 3.61. The lowest BCUT2D eigenvalue weighted by molar-refractivity contribution is -0.137. The van der Waals surface area contributed by atoms with Crippen molar-refractivity contribution in [3.8, 4) is 0 Å². The van der Waals surface area contributed by atoms with Crippen molar-refractivity contribution in [2.75, 3.05) is 0 Å². The van der Waals surface area contributed by atoms with Crippen molar-refractivity contribution in [3.05, 3.63) is 21.3 Å². The first-order valence-corrected chi connectivity index (χ1v) is 4.67. The molecule has 74 valence electrons. The average Bonchev–Trinajstić information content (AvgIpc) is 2.51. The SMILES string of the molecule is NC(=O)C(=O)NN=Cc1ccc(Cl)s1. The van der Waals surface area contributed by atoms with Crippen LogP contribution in [0.2, 0.25) is 4.34 Å². The molecule has 0 saturated heterocycles. The van der Waals surface area contributed by atoms with Crippen LogP contribution in [0, 0.1) is 0 Å². The van der Waals surface area contributed by atoms with Gasteiger partial charge in [-0.15, -0.1) is 11.3 Å². The molecule has 3 N–H and O–H groups in total. The first-order valence-electron chi connectivity index (χ1n) is 3.48. The Hall–Kier alpha value is -1.40. The Morgan fingerprint density at radius 1 is 1.57 bits per heavy atom. The Morgan fingerprint density at radius 3 is 2.79 bits per heavy atom. The van der Waals surface area contributed by atoms with Crippen molar-refractivity contribution in [1.82, 2.24) is 5.43 Å². The Morgan fingerprint density at radius 2 is 2.29 bits per heavy atom. The molecule has 7 heteroatoms. The molecule has 1 aromatic rings. The topological polar surface area (TPSA) is 84.5 Å². The van der Waals surface area contributed by atoms with E-state index < -0.39 is 11.8 Å². The van der Waals surface area contributed by atoms with Crippen LogP contribution in [0.1, 0.15) is 4.88 Å². The van der Waals surface area contributed by atoms with E-state index in [1.54, 1.807) is 12.1 Å². The maximum absolute atomic E-state index is 10.6. The number of primary amides is 1. The first kappa shape index (κ1) is 10.7. The summed E-state index contributed by atoms with van der Waals surface area (Å²) in [7, 11) is 0. The molecule has 0 unspecified atom stereocenters. The van der Waals surface area contributed by atoms with Gasteiger partial charge >= 0.3 is 11.8 Å². The monoisotopic (exact) mass is 231 g/mol. The van der Waals surface area contributed by atoms with Crippen molar-refractivity contribution >= 4 is 41.0 Å². The number of carbonyl (C=O) groups is 2. The number of amides is 2. The van der Waals surface area contributed by atoms with E-state index in [1.807, 2.05) is 5.43 Å². The highest BCUT2D eigenvalue weighted by Crippen LogP contribution is 2.19. The molecular weight excluding hydrogens is 226 g/mol. The number of hydrogen-bond donors (Lipinski definition) is 2. The lowest BCUT2D eigenvalue weighted by Gasteiger charge is -1.91. The van der Waals surface area contributed by atoms with Crippen LogP contribution in [0.3, 0.4) is 0 Å². The summed E-state index contributed by atoms with van der Waals surface area (Å²) < 4.78 is 0.618. The van der Waals surface area contributed by atoms with E-state index in [1.165, 1.54) is 17.6 Å². The lowest BCUT2D eigenvalue weighted by atomic mass is 10.5. The van der Waals surface area contributed by atoms with Crippen LogP contribution < -0.4 is 11.2 Å². The van der Waals surface area contributed by atoms with Crippen LogP contribution >= 0.6 is 22.9 Å². The summed E-state index contributed by atoms with van der Waals surface area (Å²) in [6.07, 6.45) is 1.37. The number of nitrogens with zero attached hydrogens (tertiary/aromatic N) is 1. The zero-order valence-electron chi connectivity index (χ0n) is 6.86. The highest BCUT2D eigenvalue weighted by molar-refractivity contribution is 7.17. The second-order valence-corrected chi connectivity index (χ2v) is 3.95. The van der Waals surface area contributed by atoms with Gasteiger partial charge in [-0.2, -0.15) is 5.10 Å². The molecule has 0 aliphatic heterocycles. The van der Waals surface area contributed by atoms with E-state index in [4.69, 9.17) is 11.6 Å². The van der Waals surface area contributed by atoms with E-state index in [2.05, 4.69) is 10.8 Å². The van der Waals surface area contributed by atoms with Gasteiger partial charge in [0.05, 0.1) is 10.6 Å². The summed E-state index contributed by atoms with van der Waals surface area (Å²) in [6.45, 7) is 0. The molecule has 1 rings (SSSR count). The predicted octanol–water partition coefficient (Wildman–Crippen LogP) is 0.337. The van der Waals surface area contributed by atoms with E-state index in [-0.39, 0.29) is 0 Å². The van der Waals surface area contributed by atoms with Crippen LogP contribution in [0.25, 0.3) is 0 Å². The third kappa shape index (κ3) is 3.15. The summed E-state index contributed by atoms with van der Waals surface area (Å²) in [5.74, 6) is -2.03. The Balaban J connectivity index is 2.49. The number of hydrazone groups is 1. The summed E-state index contributed by atoms with van der Waals surface area (Å²) in [6, 6.07) is 3.43. The van der Waals surface area contributed by atoms with E-state index in [0.717, 1.165) is 4.88 Å².